The van der Waals surface area contributed by atoms with Crippen LogP contribution in [0.15, 0.2) is 29.7 Å². The van der Waals surface area contributed by atoms with Gasteiger partial charge in [0, 0.05) is 11.6 Å². The minimum Gasteiger partial charge on any atom is -0.356 e. The zero-order chi connectivity index (χ0) is 14.5. The third-order valence-electron chi connectivity index (χ3n) is 2.66. The summed E-state index contributed by atoms with van der Waals surface area (Å²) in [5.41, 5.74) is 1.89. The number of aromatic nitrogens is 3. The fourth-order valence-corrected chi connectivity index (χ4v) is 2.54. The lowest BCUT2D eigenvalue weighted by Gasteiger charge is -2.07. The highest BCUT2D eigenvalue weighted by atomic mass is 35.5. The van der Waals surface area contributed by atoms with E-state index in [-0.39, 0.29) is 5.91 Å². The maximum atomic E-state index is 11.5. The summed E-state index contributed by atoms with van der Waals surface area (Å²) >= 11 is 7.47. The molecule has 0 aliphatic rings. The second-order valence-corrected chi connectivity index (χ2v) is 5.51. The molecule has 0 fully saturated rings. The summed E-state index contributed by atoms with van der Waals surface area (Å²) in [7, 11) is 0. The van der Waals surface area contributed by atoms with Crippen LogP contribution < -0.4 is 5.32 Å². The molecule has 20 heavy (non-hydrogen) atoms. The predicted molar refractivity (Wildman–Crippen MR) is 80.5 cm³/mol. The maximum Gasteiger partial charge on any atom is 0.230 e. The van der Waals surface area contributed by atoms with Crippen LogP contribution in [0.25, 0.3) is 5.69 Å². The highest BCUT2D eigenvalue weighted by Crippen LogP contribution is 2.23. The first-order chi connectivity index (χ1) is 9.61. The number of amides is 1. The van der Waals surface area contributed by atoms with Gasteiger partial charge in [-0.25, -0.2) is 0 Å². The van der Waals surface area contributed by atoms with Gasteiger partial charge in [0.1, 0.15) is 6.33 Å². The Morgan fingerprint density at radius 1 is 1.50 bits per heavy atom. The molecule has 7 heteroatoms. The Kier molecular flexibility index (Phi) is 5.03. The normalized spacial score (nSPS) is 10.6. The number of carbonyl (C=O) groups is 1. The Labute approximate surface area is 126 Å². The molecule has 0 saturated carbocycles. The van der Waals surface area contributed by atoms with E-state index < -0.39 is 0 Å². The number of rotatable bonds is 5. The van der Waals surface area contributed by atoms with E-state index in [0.29, 0.717) is 22.5 Å². The van der Waals surface area contributed by atoms with Crippen molar-refractivity contribution in [3.8, 4) is 5.69 Å². The Balaban J connectivity index is 2.15. The van der Waals surface area contributed by atoms with Crippen molar-refractivity contribution >= 4 is 29.3 Å². The van der Waals surface area contributed by atoms with Crippen LogP contribution in [-0.2, 0) is 4.79 Å². The Morgan fingerprint density at radius 3 is 3.00 bits per heavy atom. The standard InChI is InChI=1S/C13H15ClN4OS/c1-3-15-12(19)7-20-13-17-16-8-18(13)10-5-4-9(2)11(14)6-10/h4-6,8H,3,7H2,1-2H3,(H,15,19). The van der Waals surface area contributed by atoms with Crippen molar-refractivity contribution in [3.63, 3.8) is 0 Å². The lowest BCUT2D eigenvalue weighted by Crippen LogP contribution is -2.24. The molecule has 0 atom stereocenters. The van der Waals surface area contributed by atoms with Crippen molar-refractivity contribution in [2.45, 2.75) is 19.0 Å². The molecule has 1 N–H and O–H groups in total. The monoisotopic (exact) mass is 310 g/mol. The van der Waals surface area contributed by atoms with E-state index in [0.717, 1.165) is 11.3 Å². The van der Waals surface area contributed by atoms with Gasteiger partial charge in [-0.1, -0.05) is 29.4 Å². The van der Waals surface area contributed by atoms with E-state index in [2.05, 4.69) is 15.5 Å². The number of hydrogen-bond acceptors (Lipinski definition) is 4. The molecule has 0 bridgehead atoms. The van der Waals surface area contributed by atoms with Gasteiger partial charge in [0.25, 0.3) is 0 Å². The average molecular weight is 311 g/mol. The number of thioether (sulfide) groups is 1. The molecule has 1 heterocycles. The first kappa shape index (κ1) is 14.9. The molecule has 2 rings (SSSR count). The van der Waals surface area contributed by atoms with Crippen molar-refractivity contribution in [1.29, 1.82) is 0 Å². The minimum atomic E-state index is -0.0195. The van der Waals surface area contributed by atoms with Gasteiger partial charge in [0.2, 0.25) is 5.91 Å². The first-order valence-electron chi connectivity index (χ1n) is 6.18. The molecule has 2 aromatic rings. The fourth-order valence-electron chi connectivity index (χ4n) is 1.61. The van der Waals surface area contributed by atoms with Gasteiger partial charge in [-0.05, 0) is 31.5 Å². The van der Waals surface area contributed by atoms with Crippen molar-refractivity contribution in [2.24, 2.45) is 0 Å². The van der Waals surface area contributed by atoms with E-state index in [1.54, 1.807) is 6.33 Å². The summed E-state index contributed by atoms with van der Waals surface area (Å²) in [6.45, 7) is 4.46. The average Bonchev–Trinajstić information content (AvgIpc) is 2.88. The molecule has 0 unspecified atom stereocenters. The van der Waals surface area contributed by atoms with Crippen LogP contribution >= 0.6 is 23.4 Å². The van der Waals surface area contributed by atoms with Crippen LogP contribution in [0.3, 0.4) is 0 Å². The van der Waals surface area contributed by atoms with Crippen LogP contribution in [0.4, 0.5) is 0 Å². The summed E-state index contributed by atoms with van der Waals surface area (Å²) in [6.07, 6.45) is 1.61. The van der Waals surface area contributed by atoms with Gasteiger partial charge in [0.15, 0.2) is 5.16 Å². The van der Waals surface area contributed by atoms with Crippen molar-refractivity contribution in [3.05, 3.63) is 35.1 Å². The van der Waals surface area contributed by atoms with Crippen LogP contribution in [0.1, 0.15) is 12.5 Å². The summed E-state index contributed by atoms with van der Waals surface area (Å²) in [6, 6.07) is 5.74. The second kappa shape index (κ2) is 6.76. The third kappa shape index (κ3) is 3.52. The molecule has 0 saturated heterocycles. The number of nitrogens with zero attached hydrogens (tertiary/aromatic N) is 3. The Morgan fingerprint density at radius 2 is 2.30 bits per heavy atom. The van der Waals surface area contributed by atoms with Gasteiger partial charge >= 0.3 is 0 Å². The van der Waals surface area contributed by atoms with Crippen molar-refractivity contribution in [2.75, 3.05) is 12.3 Å². The van der Waals surface area contributed by atoms with Crippen LogP contribution in [-0.4, -0.2) is 33.0 Å². The summed E-state index contributed by atoms with van der Waals surface area (Å²) in [5, 5.41) is 12.0. The van der Waals surface area contributed by atoms with Crippen molar-refractivity contribution in [1.82, 2.24) is 20.1 Å². The molecule has 0 spiro atoms. The molecule has 1 aromatic heterocycles. The lowest BCUT2D eigenvalue weighted by atomic mass is 10.2. The van der Waals surface area contributed by atoms with Crippen molar-refractivity contribution < 1.29 is 4.79 Å². The minimum absolute atomic E-state index is 0.0195. The van der Waals surface area contributed by atoms with Gasteiger partial charge < -0.3 is 5.32 Å². The Hall–Kier alpha value is -1.53. The number of hydrogen-bond donors (Lipinski definition) is 1. The topological polar surface area (TPSA) is 59.8 Å². The highest BCUT2D eigenvalue weighted by molar-refractivity contribution is 7.99. The second-order valence-electron chi connectivity index (χ2n) is 4.16. The van der Waals surface area contributed by atoms with E-state index in [9.17, 15) is 4.79 Å². The zero-order valence-electron chi connectivity index (χ0n) is 11.3. The van der Waals surface area contributed by atoms with Crippen LogP contribution in [0.5, 0.6) is 0 Å². The fraction of sp³-hybridized carbons (Fsp3) is 0.308. The number of halogens is 1. The lowest BCUT2D eigenvalue weighted by molar-refractivity contribution is -0.118. The van der Waals surface area contributed by atoms with E-state index >= 15 is 0 Å². The number of aryl methyl sites for hydroxylation is 1. The maximum absolute atomic E-state index is 11.5. The molecule has 106 valence electrons. The molecule has 0 aliphatic carbocycles. The van der Waals surface area contributed by atoms with Gasteiger partial charge in [-0.2, -0.15) is 0 Å². The van der Waals surface area contributed by atoms with Crippen LogP contribution in [0.2, 0.25) is 5.02 Å². The molecule has 0 aliphatic heterocycles. The largest absolute Gasteiger partial charge is 0.356 e. The van der Waals surface area contributed by atoms with E-state index in [1.807, 2.05) is 36.6 Å². The SMILES string of the molecule is CCNC(=O)CSc1nncn1-c1ccc(C)c(Cl)c1. The molecule has 1 amide bonds. The highest BCUT2D eigenvalue weighted by Gasteiger charge is 2.10. The smallest absolute Gasteiger partial charge is 0.230 e. The number of nitrogens with one attached hydrogen (secondary N) is 1. The Bertz CT molecular complexity index is 614. The van der Waals surface area contributed by atoms with Gasteiger partial charge in [-0.15, -0.1) is 10.2 Å². The third-order valence-corrected chi connectivity index (χ3v) is 4.01. The number of carbonyl (C=O) groups excluding carboxylic acids is 1. The summed E-state index contributed by atoms with van der Waals surface area (Å²) in [4.78, 5) is 11.5. The first-order valence-corrected chi connectivity index (χ1v) is 7.54. The molecule has 5 nitrogen and oxygen atoms in total. The van der Waals surface area contributed by atoms with Gasteiger partial charge in [-0.3, -0.25) is 9.36 Å². The quantitative estimate of drug-likeness (QED) is 0.862. The van der Waals surface area contributed by atoms with Crippen LogP contribution in [0, 0.1) is 6.92 Å². The molecular weight excluding hydrogens is 296 g/mol. The molecule has 0 radical (unpaired) electrons. The molecule has 1 aromatic carbocycles. The van der Waals surface area contributed by atoms with E-state index in [1.165, 1.54) is 11.8 Å². The zero-order valence-corrected chi connectivity index (χ0v) is 12.8. The van der Waals surface area contributed by atoms with E-state index in [4.69, 9.17) is 11.6 Å². The summed E-state index contributed by atoms with van der Waals surface area (Å²) in [5.74, 6) is 0.292. The van der Waals surface area contributed by atoms with Gasteiger partial charge in [0.05, 0.1) is 11.4 Å². The predicted octanol–water partition coefficient (Wildman–Crippen LogP) is 2.46. The summed E-state index contributed by atoms with van der Waals surface area (Å²) < 4.78 is 1.81. The molecular formula is C13H15ClN4OS. The number of benzene rings is 1.